The summed E-state index contributed by atoms with van der Waals surface area (Å²) in [5.41, 5.74) is -1.43. The van der Waals surface area contributed by atoms with E-state index in [1.807, 2.05) is 0 Å². The second-order valence-corrected chi connectivity index (χ2v) is 3.76. The van der Waals surface area contributed by atoms with Crippen molar-refractivity contribution < 1.29 is 27.8 Å². The predicted octanol–water partition coefficient (Wildman–Crippen LogP) is 1.80. The number of halogens is 4. The van der Waals surface area contributed by atoms with E-state index in [1.54, 1.807) is 0 Å². The minimum absolute atomic E-state index is 0.00314. The van der Waals surface area contributed by atoms with E-state index in [0.29, 0.717) is 0 Å². The summed E-state index contributed by atoms with van der Waals surface area (Å²) in [4.78, 5) is 24.4. The van der Waals surface area contributed by atoms with Crippen LogP contribution in [0.15, 0.2) is 11.0 Å². The van der Waals surface area contributed by atoms with Crippen LogP contribution in [-0.2, 0) is 16.5 Å². The normalized spacial score (nSPS) is 11.3. The van der Waals surface area contributed by atoms with Gasteiger partial charge in [0.1, 0.15) is 0 Å². The molecular formula is C9H7BrF3NO4. The molecule has 0 aliphatic heterocycles. The summed E-state index contributed by atoms with van der Waals surface area (Å²) in [5.74, 6) is -2.42. The van der Waals surface area contributed by atoms with E-state index in [1.165, 1.54) is 0 Å². The summed E-state index contributed by atoms with van der Waals surface area (Å²) in [5, 5.41) is 8.56. The van der Waals surface area contributed by atoms with Gasteiger partial charge >= 0.3 is 12.3 Å². The van der Waals surface area contributed by atoms with Crippen LogP contribution in [0.1, 0.15) is 11.3 Å². The number of carbonyl (C=O) groups is 1. The number of hydrogen-bond acceptors (Lipinski definition) is 3. The fourth-order valence-electron chi connectivity index (χ4n) is 1.19. The molecule has 18 heavy (non-hydrogen) atoms. The van der Waals surface area contributed by atoms with E-state index < -0.39 is 35.6 Å². The van der Waals surface area contributed by atoms with Gasteiger partial charge in [0.15, 0.2) is 5.75 Å². The van der Waals surface area contributed by atoms with E-state index in [-0.39, 0.29) is 10.9 Å². The molecule has 1 aromatic heterocycles. The summed E-state index contributed by atoms with van der Waals surface area (Å²) < 4.78 is 40.0. The molecule has 9 heteroatoms. The maximum atomic E-state index is 12.1. The molecule has 0 amide bonds. The molecule has 0 radical (unpaired) electrons. The van der Waals surface area contributed by atoms with Gasteiger partial charge in [-0.15, -0.1) is 13.2 Å². The zero-order valence-electron chi connectivity index (χ0n) is 8.68. The minimum Gasteiger partial charge on any atom is -0.481 e. The highest BCUT2D eigenvalue weighted by atomic mass is 79.9. The topological polar surface area (TPSA) is 79.4 Å². The highest BCUT2D eigenvalue weighted by molar-refractivity contribution is 9.08. The first kappa shape index (κ1) is 14.6. The zero-order valence-corrected chi connectivity index (χ0v) is 10.3. The van der Waals surface area contributed by atoms with Gasteiger partial charge in [-0.1, -0.05) is 15.9 Å². The molecular weight excluding hydrogens is 323 g/mol. The Morgan fingerprint density at radius 3 is 2.56 bits per heavy atom. The maximum Gasteiger partial charge on any atom is 0.573 e. The first-order chi connectivity index (χ1) is 8.24. The third-order valence-corrected chi connectivity index (χ3v) is 2.49. The van der Waals surface area contributed by atoms with E-state index in [2.05, 4.69) is 25.7 Å². The molecule has 0 spiro atoms. The van der Waals surface area contributed by atoms with E-state index in [0.717, 1.165) is 6.20 Å². The number of aliphatic carboxylic acids is 1. The van der Waals surface area contributed by atoms with Gasteiger partial charge < -0.3 is 14.8 Å². The monoisotopic (exact) mass is 329 g/mol. The summed E-state index contributed by atoms with van der Waals surface area (Å²) in [6.45, 7) is 0. The Hall–Kier alpha value is -1.51. The molecule has 0 fully saturated rings. The Bertz CT molecular complexity index is 512. The van der Waals surface area contributed by atoms with E-state index in [4.69, 9.17) is 5.11 Å². The third-order valence-electron chi connectivity index (χ3n) is 1.88. The fraction of sp³-hybridized carbons (Fsp3) is 0.333. The van der Waals surface area contributed by atoms with Gasteiger partial charge in [-0.25, -0.2) is 0 Å². The van der Waals surface area contributed by atoms with E-state index in [9.17, 15) is 22.8 Å². The first-order valence-corrected chi connectivity index (χ1v) is 5.63. The highest BCUT2D eigenvalue weighted by Crippen LogP contribution is 2.23. The average molecular weight is 330 g/mol. The van der Waals surface area contributed by atoms with Crippen LogP contribution in [0.3, 0.4) is 0 Å². The molecule has 1 heterocycles. The lowest BCUT2D eigenvalue weighted by molar-refractivity contribution is -0.275. The van der Waals surface area contributed by atoms with Gasteiger partial charge in [0.2, 0.25) is 5.43 Å². The molecule has 2 N–H and O–H groups in total. The Kier molecular flexibility index (Phi) is 4.38. The van der Waals surface area contributed by atoms with Crippen molar-refractivity contribution in [1.82, 2.24) is 4.98 Å². The van der Waals surface area contributed by atoms with Gasteiger partial charge in [-0.05, 0) is 0 Å². The largest absolute Gasteiger partial charge is 0.573 e. The van der Waals surface area contributed by atoms with Crippen LogP contribution in [0.2, 0.25) is 0 Å². The maximum absolute atomic E-state index is 12.1. The number of carboxylic acids is 1. The number of nitrogens with one attached hydrogen (secondary N) is 1. The standard InChI is InChI=1S/C9H7BrF3NO4/c10-2-4-3-14-5(1-6(15)16)8(7(4)17)18-9(11,12)13/h3H,1-2H2,(H,14,17)(H,15,16). The summed E-state index contributed by atoms with van der Waals surface area (Å²) in [6, 6.07) is 0. The van der Waals surface area contributed by atoms with Gasteiger partial charge in [0.05, 0.1) is 12.1 Å². The number of carboxylic acid groups (broad SMARTS) is 1. The molecule has 1 aromatic rings. The number of aromatic amines is 1. The van der Waals surface area contributed by atoms with Crippen molar-refractivity contribution in [3.8, 4) is 5.75 Å². The second-order valence-electron chi connectivity index (χ2n) is 3.20. The molecule has 1 rings (SSSR count). The van der Waals surface area contributed by atoms with Crippen molar-refractivity contribution in [2.24, 2.45) is 0 Å². The van der Waals surface area contributed by atoms with Crippen molar-refractivity contribution in [2.75, 3.05) is 0 Å². The number of aromatic nitrogens is 1. The Morgan fingerprint density at radius 1 is 1.50 bits per heavy atom. The number of pyridine rings is 1. The quantitative estimate of drug-likeness (QED) is 0.825. The average Bonchev–Trinajstić information content (AvgIpc) is 2.21. The van der Waals surface area contributed by atoms with Crippen LogP contribution in [0.25, 0.3) is 0 Å². The molecule has 0 saturated heterocycles. The zero-order chi connectivity index (χ0) is 13.9. The van der Waals surface area contributed by atoms with Crippen LogP contribution in [0.5, 0.6) is 5.75 Å². The highest BCUT2D eigenvalue weighted by Gasteiger charge is 2.34. The molecule has 0 aromatic carbocycles. The van der Waals surface area contributed by atoms with E-state index >= 15 is 0 Å². The van der Waals surface area contributed by atoms with Gasteiger partial charge in [0, 0.05) is 17.1 Å². The SMILES string of the molecule is O=C(O)Cc1[nH]cc(CBr)c(=O)c1OC(F)(F)F. The summed E-state index contributed by atoms with van der Waals surface area (Å²) >= 11 is 2.92. The Labute approximate surface area is 107 Å². The number of ether oxygens (including phenoxy) is 1. The molecule has 0 atom stereocenters. The molecule has 5 nitrogen and oxygen atoms in total. The van der Waals surface area contributed by atoms with Crippen molar-refractivity contribution in [3.05, 3.63) is 27.7 Å². The number of alkyl halides is 4. The van der Waals surface area contributed by atoms with Crippen LogP contribution < -0.4 is 10.2 Å². The third kappa shape index (κ3) is 3.76. The molecule has 0 aliphatic rings. The summed E-state index contributed by atoms with van der Waals surface area (Å²) in [6.07, 6.45) is -4.70. The van der Waals surface area contributed by atoms with Crippen molar-refractivity contribution in [1.29, 1.82) is 0 Å². The van der Waals surface area contributed by atoms with Crippen molar-refractivity contribution >= 4 is 21.9 Å². The lowest BCUT2D eigenvalue weighted by atomic mass is 10.2. The van der Waals surface area contributed by atoms with Crippen molar-refractivity contribution in [3.63, 3.8) is 0 Å². The molecule has 0 saturated carbocycles. The van der Waals surface area contributed by atoms with Gasteiger partial charge in [-0.3, -0.25) is 9.59 Å². The molecule has 0 bridgehead atoms. The van der Waals surface area contributed by atoms with Crippen molar-refractivity contribution in [2.45, 2.75) is 18.1 Å². The fourth-order valence-corrected chi connectivity index (χ4v) is 1.61. The minimum atomic E-state index is -5.06. The molecule has 0 aliphatic carbocycles. The number of H-pyrrole nitrogens is 1. The number of rotatable bonds is 4. The second kappa shape index (κ2) is 5.42. The van der Waals surface area contributed by atoms with Crippen LogP contribution in [0.4, 0.5) is 13.2 Å². The molecule has 0 unspecified atom stereocenters. The summed E-state index contributed by atoms with van der Waals surface area (Å²) in [7, 11) is 0. The lowest BCUT2D eigenvalue weighted by Crippen LogP contribution is -2.25. The number of hydrogen-bond donors (Lipinski definition) is 2. The predicted molar refractivity (Wildman–Crippen MR) is 57.7 cm³/mol. The first-order valence-electron chi connectivity index (χ1n) is 4.51. The smallest absolute Gasteiger partial charge is 0.481 e. The van der Waals surface area contributed by atoms with Gasteiger partial charge in [0.25, 0.3) is 0 Å². The van der Waals surface area contributed by atoms with Crippen LogP contribution in [0, 0.1) is 0 Å². The van der Waals surface area contributed by atoms with Crippen LogP contribution in [-0.4, -0.2) is 22.4 Å². The van der Waals surface area contributed by atoms with Gasteiger partial charge in [-0.2, -0.15) is 0 Å². The van der Waals surface area contributed by atoms with Crippen LogP contribution >= 0.6 is 15.9 Å². The molecule has 100 valence electrons. The Balaban J connectivity index is 3.30. The lowest BCUT2D eigenvalue weighted by Gasteiger charge is -2.12. The Morgan fingerprint density at radius 2 is 2.11 bits per heavy atom.